The Morgan fingerprint density at radius 1 is 1.28 bits per heavy atom. The number of benzene rings is 1. The third kappa shape index (κ3) is 1.66. The molecule has 0 amide bonds. The number of fused-ring (bicyclic) bond motifs is 1. The lowest BCUT2D eigenvalue weighted by molar-refractivity contribution is 0.104. The number of hydrogen-bond donors (Lipinski definition) is 1. The van der Waals surface area contributed by atoms with Crippen LogP contribution in [0.5, 0.6) is 0 Å². The van der Waals surface area contributed by atoms with Crippen LogP contribution >= 0.6 is 11.3 Å². The SMILES string of the molecule is Cc1cscc1C(=O)c1c[nH]c2ccc(F)cc12. The van der Waals surface area contributed by atoms with Crippen LogP contribution in [0.15, 0.2) is 35.2 Å². The van der Waals surface area contributed by atoms with Crippen LogP contribution in [-0.4, -0.2) is 10.8 Å². The normalized spacial score (nSPS) is 11.0. The number of H-pyrrole nitrogens is 1. The first-order chi connectivity index (χ1) is 8.66. The fourth-order valence-corrected chi connectivity index (χ4v) is 2.85. The number of carbonyl (C=O) groups is 1. The standard InChI is InChI=1S/C14H10FNOS/c1-8-6-18-7-12(8)14(17)11-5-16-13-3-2-9(15)4-10(11)13/h2-7,16H,1H3. The molecule has 90 valence electrons. The van der Waals surface area contributed by atoms with E-state index in [4.69, 9.17) is 0 Å². The van der Waals surface area contributed by atoms with Gasteiger partial charge in [-0.05, 0) is 36.1 Å². The second-order valence-corrected chi connectivity index (χ2v) is 4.93. The number of ketones is 1. The molecule has 18 heavy (non-hydrogen) atoms. The van der Waals surface area contributed by atoms with Crippen molar-refractivity contribution in [1.29, 1.82) is 0 Å². The van der Waals surface area contributed by atoms with Crippen LogP contribution in [0, 0.1) is 12.7 Å². The molecule has 0 aliphatic carbocycles. The number of rotatable bonds is 2. The summed E-state index contributed by atoms with van der Waals surface area (Å²) in [5, 5.41) is 4.39. The summed E-state index contributed by atoms with van der Waals surface area (Å²) in [6.45, 7) is 1.90. The van der Waals surface area contributed by atoms with Crippen LogP contribution in [0.3, 0.4) is 0 Å². The summed E-state index contributed by atoms with van der Waals surface area (Å²) in [5.41, 5.74) is 2.93. The highest BCUT2D eigenvalue weighted by atomic mass is 32.1. The van der Waals surface area contributed by atoms with Gasteiger partial charge in [-0.15, -0.1) is 0 Å². The van der Waals surface area contributed by atoms with E-state index in [0.29, 0.717) is 16.5 Å². The number of nitrogens with one attached hydrogen (secondary N) is 1. The van der Waals surface area contributed by atoms with E-state index >= 15 is 0 Å². The van der Waals surface area contributed by atoms with E-state index in [1.807, 2.05) is 17.7 Å². The average molecular weight is 259 g/mol. The molecule has 0 bridgehead atoms. The highest BCUT2D eigenvalue weighted by molar-refractivity contribution is 7.08. The van der Waals surface area contributed by atoms with Crippen molar-refractivity contribution in [2.24, 2.45) is 0 Å². The van der Waals surface area contributed by atoms with E-state index in [1.165, 1.54) is 23.5 Å². The van der Waals surface area contributed by atoms with Gasteiger partial charge in [0.05, 0.1) is 0 Å². The minimum atomic E-state index is -0.335. The Morgan fingerprint density at radius 2 is 2.11 bits per heavy atom. The maximum atomic E-state index is 13.3. The van der Waals surface area contributed by atoms with Gasteiger partial charge in [-0.25, -0.2) is 4.39 Å². The van der Waals surface area contributed by atoms with E-state index < -0.39 is 0 Å². The van der Waals surface area contributed by atoms with Crippen molar-refractivity contribution in [3.05, 3.63) is 57.7 Å². The smallest absolute Gasteiger partial charge is 0.196 e. The number of aromatic amines is 1. The monoisotopic (exact) mass is 259 g/mol. The highest BCUT2D eigenvalue weighted by Crippen LogP contribution is 2.24. The molecule has 3 aromatic rings. The summed E-state index contributed by atoms with van der Waals surface area (Å²) >= 11 is 1.50. The summed E-state index contributed by atoms with van der Waals surface area (Å²) in [6.07, 6.45) is 1.64. The average Bonchev–Trinajstić information content (AvgIpc) is 2.94. The fraction of sp³-hybridized carbons (Fsp3) is 0.0714. The Balaban J connectivity index is 2.18. The first-order valence-corrected chi connectivity index (χ1v) is 6.45. The second kappa shape index (κ2) is 4.07. The highest BCUT2D eigenvalue weighted by Gasteiger charge is 2.16. The van der Waals surface area contributed by atoms with E-state index in [9.17, 15) is 9.18 Å². The van der Waals surface area contributed by atoms with E-state index in [1.54, 1.807) is 12.3 Å². The van der Waals surface area contributed by atoms with Crippen LogP contribution in [0.4, 0.5) is 4.39 Å². The predicted octanol–water partition coefficient (Wildman–Crippen LogP) is 3.91. The molecular weight excluding hydrogens is 249 g/mol. The van der Waals surface area contributed by atoms with Crippen molar-refractivity contribution in [3.8, 4) is 0 Å². The van der Waals surface area contributed by atoms with Gasteiger partial charge in [0, 0.05) is 33.6 Å². The number of thiophene rings is 1. The maximum Gasteiger partial charge on any atom is 0.196 e. The van der Waals surface area contributed by atoms with Crippen LogP contribution < -0.4 is 0 Å². The van der Waals surface area contributed by atoms with Crippen LogP contribution in [0.1, 0.15) is 21.5 Å². The van der Waals surface area contributed by atoms with Gasteiger partial charge in [0.25, 0.3) is 0 Å². The summed E-state index contributed by atoms with van der Waals surface area (Å²) in [5.74, 6) is -0.399. The Kier molecular flexibility index (Phi) is 2.52. The van der Waals surface area contributed by atoms with Crippen molar-refractivity contribution >= 4 is 28.0 Å². The number of aryl methyl sites for hydroxylation is 1. The van der Waals surface area contributed by atoms with Gasteiger partial charge < -0.3 is 4.98 Å². The van der Waals surface area contributed by atoms with Crippen LogP contribution in [0.2, 0.25) is 0 Å². The molecular formula is C14H10FNOS. The molecule has 0 radical (unpaired) electrons. The molecule has 0 aliphatic rings. The molecule has 1 aromatic carbocycles. The molecule has 0 fully saturated rings. The van der Waals surface area contributed by atoms with Crippen molar-refractivity contribution in [2.45, 2.75) is 6.92 Å². The zero-order chi connectivity index (χ0) is 12.7. The van der Waals surface area contributed by atoms with Gasteiger partial charge in [0.1, 0.15) is 5.82 Å². The Morgan fingerprint density at radius 3 is 2.83 bits per heavy atom. The van der Waals surface area contributed by atoms with Gasteiger partial charge >= 0.3 is 0 Å². The van der Waals surface area contributed by atoms with Gasteiger partial charge in [-0.1, -0.05) is 0 Å². The number of aromatic nitrogens is 1. The third-order valence-corrected chi connectivity index (χ3v) is 3.85. The molecule has 0 saturated carbocycles. The fourth-order valence-electron chi connectivity index (χ4n) is 2.02. The van der Waals surface area contributed by atoms with E-state index in [0.717, 1.165) is 11.1 Å². The molecule has 0 spiro atoms. The topological polar surface area (TPSA) is 32.9 Å². The van der Waals surface area contributed by atoms with Gasteiger partial charge in [-0.3, -0.25) is 4.79 Å². The number of carbonyl (C=O) groups excluding carboxylic acids is 1. The first-order valence-electron chi connectivity index (χ1n) is 5.51. The summed E-state index contributed by atoms with van der Waals surface area (Å²) in [4.78, 5) is 15.4. The lowest BCUT2D eigenvalue weighted by atomic mass is 10.0. The molecule has 0 unspecified atom stereocenters. The molecule has 0 atom stereocenters. The predicted molar refractivity (Wildman–Crippen MR) is 70.7 cm³/mol. The van der Waals surface area contributed by atoms with Crippen molar-refractivity contribution in [1.82, 2.24) is 4.98 Å². The quantitative estimate of drug-likeness (QED) is 0.695. The maximum absolute atomic E-state index is 13.3. The van der Waals surface area contributed by atoms with E-state index in [2.05, 4.69) is 4.98 Å². The molecule has 2 heterocycles. The molecule has 3 rings (SSSR count). The van der Waals surface area contributed by atoms with Gasteiger partial charge in [0.15, 0.2) is 5.78 Å². The van der Waals surface area contributed by atoms with Gasteiger partial charge in [-0.2, -0.15) is 11.3 Å². The Hall–Kier alpha value is -1.94. The summed E-state index contributed by atoms with van der Waals surface area (Å²) < 4.78 is 13.3. The minimum absolute atomic E-state index is 0.0643. The Labute approximate surface area is 107 Å². The second-order valence-electron chi connectivity index (χ2n) is 4.19. The summed E-state index contributed by atoms with van der Waals surface area (Å²) in [6, 6.07) is 4.41. The van der Waals surface area contributed by atoms with Crippen molar-refractivity contribution in [2.75, 3.05) is 0 Å². The van der Waals surface area contributed by atoms with Crippen molar-refractivity contribution in [3.63, 3.8) is 0 Å². The zero-order valence-corrected chi connectivity index (χ0v) is 10.5. The lowest BCUT2D eigenvalue weighted by Gasteiger charge is -1.98. The minimum Gasteiger partial charge on any atom is -0.360 e. The number of halogens is 1. The van der Waals surface area contributed by atoms with Gasteiger partial charge in [0.2, 0.25) is 0 Å². The van der Waals surface area contributed by atoms with Crippen LogP contribution in [0.25, 0.3) is 10.9 Å². The van der Waals surface area contributed by atoms with E-state index in [-0.39, 0.29) is 11.6 Å². The summed E-state index contributed by atoms with van der Waals surface area (Å²) in [7, 11) is 0. The molecule has 2 aromatic heterocycles. The molecule has 0 saturated heterocycles. The molecule has 2 nitrogen and oxygen atoms in total. The third-order valence-electron chi connectivity index (χ3n) is 2.99. The Bertz CT molecular complexity index is 741. The first kappa shape index (κ1) is 11.2. The van der Waals surface area contributed by atoms with Crippen LogP contribution in [-0.2, 0) is 0 Å². The lowest BCUT2D eigenvalue weighted by Crippen LogP contribution is -2.00. The molecule has 4 heteroatoms. The zero-order valence-electron chi connectivity index (χ0n) is 9.66. The largest absolute Gasteiger partial charge is 0.360 e. The van der Waals surface area contributed by atoms with Crippen molar-refractivity contribution < 1.29 is 9.18 Å². The molecule has 1 N–H and O–H groups in total. The molecule has 0 aliphatic heterocycles. The number of hydrogen-bond acceptors (Lipinski definition) is 2.